The summed E-state index contributed by atoms with van der Waals surface area (Å²) in [5.41, 5.74) is 4.19. The van der Waals surface area contributed by atoms with E-state index in [9.17, 15) is 0 Å². The molecule has 0 bridgehead atoms. The van der Waals surface area contributed by atoms with Gasteiger partial charge in [-0.15, -0.1) is 0 Å². The predicted octanol–water partition coefficient (Wildman–Crippen LogP) is 9.14. The molecule has 232 valence electrons. The van der Waals surface area contributed by atoms with E-state index in [2.05, 4.69) is 29.6 Å². The highest BCUT2D eigenvalue weighted by molar-refractivity contribution is 6.42. The van der Waals surface area contributed by atoms with E-state index in [4.69, 9.17) is 65.4 Å². The molecule has 0 unspecified atom stereocenters. The van der Waals surface area contributed by atoms with E-state index in [0.717, 1.165) is 28.9 Å². The van der Waals surface area contributed by atoms with Crippen molar-refractivity contribution in [2.24, 2.45) is 0 Å². The molecular formula is C35H35Cl4NO4. The highest BCUT2D eigenvalue weighted by Crippen LogP contribution is 2.33. The minimum Gasteiger partial charge on any atom is -0.494 e. The molecule has 4 aromatic carbocycles. The highest BCUT2D eigenvalue weighted by Gasteiger charge is 2.36. The largest absolute Gasteiger partial charge is 0.494 e. The fraction of sp³-hybridized carbons (Fsp3) is 0.314. The van der Waals surface area contributed by atoms with Crippen molar-refractivity contribution in [3.8, 4) is 5.75 Å². The number of benzene rings is 4. The second-order valence-electron chi connectivity index (χ2n) is 10.7. The summed E-state index contributed by atoms with van der Waals surface area (Å²) in [5.74, 6) is 0.787. The van der Waals surface area contributed by atoms with Crippen LogP contribution >= 0.6 is 46.4 Å². The molecule has 1 heterocycles. The molecular weight excluding hydrogens is 640 g/mol. The van der Waals surface area contributed by atoms with Crippen molar-refractivity contribution in [2.45, 2.75) is 44.4 Å². The van der Waals surface area contributed by atoms with Crippen LogP contribution < -0.4 is 10.1 Å². The lowest BCUT2D eigenvalue weighted by Gasteiger charge is -2.39. The molecule has 0 aromatic heterocycles. The van der Waals surface area contributed by atoms with E-state index < -0.39 is 0 Å². The van der Waals surface area contributed by atoms with Gasteiger partial charge in [0, 0.05) is 25.4 Å². The van der Waals surface area contributed by atoms with Crippen LogP contribution in [0.3, 0.4) is 0 Å². The summed E-state index contributed by atoms with van der Waals surface area (Å²) in [5, 5.41) is 5.53. The van der Waals surface area contributed by atoms with Crippen molar-refractivity contribution in [3.05, 3.63) is 133 Å². The third-order valence-corrected chi connectivity index (χ3v) is 8.94. The van der Waals surface area contributed by atoms with Crippen LogP contribution in [0.1, 0.15) is 34.6 Å². The van der Waals surface area contributed by atoms with Gasteiger partial charge in [0.2, 0.25) is 0 Å². The van der Waals surface area contributed by atoms with Gasteiger partial charge < -0.3 is 24.3 Å². The maximum atomic E-state index is 6.48. The fourth-order valence-corrected chi connectivity index (χ4v) is 5.82. The average molecular weight is 675 g/mol. The quantitative estimate of drug-likeness (QED) is 0.135. The molecule has 1 N–H and O–H groups in total. The Hall–Kier alpha value is -2.32. The molecule has 1 saturated heterocycles. The van der Waals surface area contributed by atoms with Gasteiger partial charge in [0.25, 0.3) is 0 Å². The maximum absolute atomic E-state index is 6.48. The SMILES string of the molecule is Clc1ccc(CO[C@H]2CNC[C@@H](OCc3ccc(Cl)c(Cl)c3)[C@H]2c2ccc(OCCCOCc3ccccc3)cc2)cc1Cl. The minimum absolute atomic E-state index is 0.0257. The standard InChI is InChI=1S/C35H35Cl4NO4/c36-29-13-7-25(17-31(29)38)22-43-33-19-40-20-34(44-23-26-8-14-30(37)32(39)18-26)35(33)27-9-11-28(12-10-27)42-16-4-15-41-21-24-5-2-1-3-6-24/h1-3,5-14,17-18,33-35,40H,4,15-16,19-23H2/t33-,34+,35-. The van der Waals surface area contributed by atoms with Crippen molar-refractivity contribution >= 4 is 46.4 Å². The first-order valence-corrected chi connectivity index (χ1v) is 16.1. The van der Waals surface area contributed by atoms with Gasteiger partial charge in [-0.3, -0.25) is 0 Å². The molecule has 0 radical (unpaired) electrons. The molecule has 44 heavy (non-hydrogen) atoms. The Bertz CT molecular complexity index is 1410. The molecule has 0 amide bonds. The Labute approximate surface area is 279 Å². The lowest BCUT2D eigenvalue weighted by Crippen LogP contribution is -2.50. The second-order valence-corrected chi connectivity index (χ2v) is 12.3. The molecule has 1 aliphatic heterocycles. The third kappa shape index (κ3) is 9.59. The smallest absolute Gasteiger partial charge is 0.119 e. The number of ether oxygens (including phenoxy) is 4. The van der Waals surface area contributed by atoms with Crippen molar-refractivity contribution in [1.29, 1.82) is 0 Å². The third-order valence-electron chi connectivity index (χ3n) is 7.47. The Morgan fingerprint density at radius 3 is 1.75 bits per heavy atom. The van der Waals surface area contributed by atoms with E-state index >= 15 is 0 Å². The van der Waals surface area contributed by atoms with E-state index in [1.54, 1.807) is 12.1 Å². The Morgan fingerprint density at radius 2 is 1.18 bits per heavy atom. The Morgan fingerprint density at radius 1 is 0.591 bits per heavy atom. The molecule has 3 atom stereocenters. The summed E-state index contributed by atoms with van der Waals surface area (Å²) in [6, 6.07) is 29.5. The first-order chi connectivity index (χ1) is 21.5. The summed E-state index contributed by atoms with van der Waals surface area (Å²) < 4.78 is 24.7. The first kappa shape index (κ1) is 33.1. The van der Waals surface area contributed by atoms with Crippen LogP contribution in [0.5, 0.6) is 5.75 Å². The van der Waals surface area contributed by atoms with Crippen LogP contribution in [0.4, 0.5) is 0 Å². The van der Waals surface area contributed by atoms with Crippen LogP contribution in [0, 0.1) is 0 Å². The van der Waals surface area contributed by atoms with Gasteiger partial charge in [0.05, 0.1) is 65.3 Å². The van der Waals surface area contributed by atoms with Crippen molar-refractivity contribution < 1.29 is 18.9 Å². The molecule has 0 spiro atoms. The van der Waals surface area contributed by atoms with E-state index in [0.29, 0.717) is 66.2 Å². The number of halogens is 4. The van der Waals surface area contributed by atoms with Gasteiger partial charge >= 0.3 is 0 Å². The zero-order chi connectivity index (χ0) is 30.7. The van der Waals surface area contributed by atoms with Crippen molar-refractivity contribution in [2.75, 3.05) is 26.3 Å². The fourth-order valence-electron chi connectivity index (χ4n) is 5.18. The lowest BCUT2D eigenvalue weighted by atomic mass is 9.85. The predicted molar refractivity (Wildman–Crippen MR) is 178 cm³/mol. The number of piperidine rings is 1. The van der Waals surface area contributed by atoms with E-state index in [1.165, 1.54) is 5.56 Å². The molecule has 0 saturated carbocycles. The van der Waals surface area contributed by atoms with Gasteiger partial charge in [-0.1, -0.05) is 101 Å². The molecule has 5 nitrogen and oxygen atoms in total. The van der Waals surface area contributed by atoms with Gasteiger partial charge in [0.15, 0.2) is 0 Å². The summed E-state index contributed by atoms with van der Waals surface area (Å²) >= 11 is 24.7. The van der Waals surface area contributed by atoms with Crippen LogP contribution in [-0.2, 0) is 34.0 Å². The summed E-state index contributed by atoms with van der Waals surface area (Å²) in [7, 11) is 0. The number of nitrogens with one attached hydrogen (secondary N) is 1. The normalized spacial score (nSPS) is 18.3. The van der Waals surface area contributed by atoms with Crippen LogP contribution in [0.2, 0.25) is 20.1 Å². The molecule has 1 fully saturated rings. The number of hydrogen-bond donors (Lipinski definition) is 1. The monoisotopic (exact) mass is 673 g/mol. The Kier molecular flexibility index (Phi) is 12.6. The lowest BCUT2D eigenvalue weighted by molar-refractivity contribution is -0.0650. The van der Waals surface area contributed by atoms with Gasteiger partial charge in [-0.25, -0.2) is 0 Å². The molecule has 0 aliphatic carbocycles. The van der Waals surface area contributed by atoms with E-state index in [-0.39, 0.29) is 18.1 Å². The zero-order valence-electron chi connectivity index (χ0n) is 24.2. The topological polar surface area (TPSA) is 49.0 Å². The molecule has 9 heteroatoms. The zero-order valence-corrected chi connectivity index (χ0v) is 27.2. The number of rotatable bonds is 14. The minimum atomic E-state index is -0.148. The first-order valence-electron chi connectivity index (χ1n) is 14.6. The van der Waals surface area contributed by atoms with Gasteiger partial charge in [0.1, 0.15) is 5.75 Å². The summed E-state index contributed by atoms with van der Waals surface area (Å²) in [6.07, 6.45) is 0.508. The second kappa shape index (κ2) is 16.8. The number of hydrogen-bond acceptors (Lipinski definition) is 5. The molecule has 1 aliphatic rings. The molecule has 5 rings (SSSR count). The highest BCUT2D eigenvalue weighted by atomic mass is 35.5. The summed E-state index contributed by atoms with van der Waals surface area (Å²) in [4.78, 5) is 0. The average Bonchev–Trinajstić information content (AvgIpc) is 3.04. The Balaban J connectivity index is 1.21. The van der Waals surface area contributed by atoms with E-state index in [1.807, 2.05) is 54.6 Å². The molecule has 4 aromatic rings. The summed E-state index contributed by atoms with van der Waals surface area (Å²) in [6.45, 7) is 3.97. The van der Waals surface area contributed by atoms with Crippen LogP contribution in [-0.4, -0.2) is 38.5 Å². The van der Waals surface area contributed by atoms with Crippen LogP contribution in [0.15, 0.2) is 91.0 Å². The van der Waals surface area contributed by atoms with Gasteiger partial charge in [-0.2, -0.15) is 0 Å². The van der Waals surface area contributed by atoms with Crippen molar-refractivity contribution in [3.63, 3.8) is 0 Å². The van der Waals surface area contributed by atoms with Gasteiger partial charge in [-0.05, 0) is 58.7 Å². The van der Waals surface area contributed by atoms with Crippen molar-refractivity contribution in [1.82, 2.24) is 5.32 Å². The van der Waals surface area contributed by atoms with Crippen LogP contribution in [0.25, 0.3) is 0 Å². The maximum Gasteiger partial charge on any atom is 0.119 e.